The molecule has 4 heteroatoms. The lowest BCUT2D eigenvalue weighted by molar-refractivity contribution is -0.135. The molecule has 0 saturated carbocycles. The number of rotatable bonds is 4. The Labute approximate surface area is 123 Å². The zero-order valence-corrected chi connectivity index (χ0v) is 13.4. The minimum absolute atomic E-state index is 0.137. The van der Waals surface area contributed by atoms with Crippen LogP contribution in [0.25, 0.3) is 0 Å². The molecule has 0 aromatic rings. The molecule has 1 N–H and O–H groups in total. The van der Waals surface area contributed by atoms with Crippen LogP contribution in [0.3, 0.4) is 0 Å². The standard InChI is InChI=1S/C16H31N3O/c1-4-18-9-5-14(6-10-18)17-15-7-11-19(12-8-15)16(20)13(2)3/h13-15,17H,4-12H2,1-3H3. The summed E-state index contributed by atoms with van der Waals surface area (Å²) < 4.78 is 0. The maximum Gasteiger partial charge on any atom is 0.225 e. The van der Waals surface area contributed by atoms with Crippen molar-refractivity contribution in [2.75, 3.05) is 32.7 Å². The van der Waals surface area contributed by atoms with Gasteiger partial charge in [-0.2, -0.15) is 0 Å². The molecule has 0 unspecified atom stereocenters. The second-order valence-electron chi connectivity index (χ2n) is 6.63. The van der Waals surface area contributed by atoms with Crippen molar-refractivity contribution in [2.24, 2.45) is 5.92 Å². The molecule has 2 aliphatic heterocycles. The number of carbonyl (C=O) groups is 1. The maximum absolute atomic E-state index is 12.0. The van der Waals surface area contributed by atoms with Gasteiger partial charge in [-0.25, -0.2) is 0 Å². The molecular formula is C16H31N3O. The molecule has 2 saturated heterocycles. The van der Waals surface area contributed by atoms with Crippen LogP contribution in [0.15, 0.2) is 0 Å². The van der Waals surface area contributed by atoms with Crippen LogP contribution in [0.1, 0.15) is 46.5 Å². The summed E-state index contributed by atoms with van der Waals surface area (Å²) in [5, 5.41) is 3.83. The highest BCUT2D eigenvalue weighted by Gasteiger charge is 2.26. The van der Waals surface area contributed by atoms with Gasteiger partial charge in [-0.05, 0) is 45.3 Å². The minimum atomic E-state index is 0.137. The number of carbonyl (C=O) groups excluding carboxylic acids is 1. The second-order valence-corrected chi connectivity index (χ2v) is 6.63. The first-order valence-corrected chi connectivity index (χ1v) is 8.37. The van der Waals surface area contributed by atoms with E-state index in [1.165, 1.54) is 32.5 Å². The van der Waals surface area contributed by atoms with Crippen molar-refractivity contribution >= 4 is 5.91 Å². The Kier molecular flexibility index (Phi) is 5.85. The van der Waals surface area contributed by atoms with E-state index < -0.39 is 0 Å². The first-order valence-electron chi connectivity index (χ1n) is 8.37. The summed E-state index contributed by atoms with van der Waals surface area (Å²) >= 11 is 0. The molecule has 0 bridgehead atoms. The van der Waals surface area contributed by atoms with Crippen LogP contribution in [0.5, 0.6) is 0 Å². The third-order valence-corrected chi connectivity index (χ3v) is 4.81. The Morgan fingerprint density at radius 1 is 1.05 bits per heavy atom. The van der Waals surface area contributed by atoms with Crippen LogP contribution in [-0.4, -0.2) is 60.5 Å². The van der Waals surface area contributed by atoms with E-state index in [-0.39, 0.29) is 5.92 Å². The summed E-state index contributed by atoms with van der Waals surface area (Å²) in [4.78, 5) is 16.5. The molecule has 116 valence electrons. The summed E-state index contributed by atoms with van der Waals surface area (Å²) in [7, 11) is 0. The van der Waals surface area contributed by atoms with Gasteiger partial charge >= 0.3 is 0 Å². The second kappa shape index (κ2) is 7.41. The van der Waals surface area contributed by atoms with Gasteiger partial charge in [-0.3, -0.25) is 4.79 Å². The first-order chi connectivity index (χ1) is 9.60. The van der Waals surface area contributed by atoms with E-state index in [0.29, 0.717) is 18.0 Å². The molecule has 0 spiro atoms. The monoisotopic (exact) mass is 281 g/mol. The fraction of sp³-hybridized carbons (Fsp3) is 0.938. The van der Waals surface area contributed by atoms with Crippen molar-refractivity contribution in [1.82, 2.24) is 15.1 Å². The molecule has 4 nitrogen and oxygen atoms in total. The van der Waals surface area contributed by atoms with Gasteiger partial charge in [0.15, 0.2) is 0 Å². The third kappa shape index (κ3) is 4.19. The summed E-state index contributed by atoms with van der Waals surface area (Å²) in [5.74, 6) is 0.456. The molecule has 0 radical (unpaired) electrons. The normalized spacial score (nSPS) is 23.5. The maximum atomic E-state index is 12.0. The summed E-state index contributed by atoms with van der Waals surface area (Å²) in [5.41, 5.74) is 0. The number of nitrogens with one attached hydrogen (secondary N) is 1. The Balaban J connectivity index is 1.68. The SMILES string of the molecule is CCN1CCC(NC2CCN(C(=O)C(C)C)CC2)CC1. The van der Waals surface area contributed by atoms with Crippen LogP contribution in [-0.2, 0) is 4.79 Å². The topological polar surface area (TPSA) is 35.6 Å². The molecule has 0 aromatic heterocycles. The van der Waals surface area contributed by atoms with Crippen molar-refractivity contribution in [3.8, 4) is 0 Å². The van der Waals surface area contributed by atoms with E-state index >= 15 is 0 Å². The number of nitrogens with zero attached hydrogens (tertiary/aromatic N) is 2. The van der Waals surface area contributed by atoms with Gasteiger partial charge in [0, 0.05) is 31.1 Å². The van der Waals surface area contributed by atoms with E-state index in [0.717, 1.165) is 25.9 Å². The van der Waals surface area contributed by atoms with E-state index in [2.05, 4.69) is 17.1 Å². The van der Waals surface area contributed by atoms with Gasteiger partial charge in [-0.15, -0.1) is 0 Å². The zero-order chi connectivity index (χ0) is 14.5. The van der Waals surface area contributed by atoms with Gasteiger partial charge < -0.3 is 15.1 Å². The van der Waals surface area contributed by atoms with Crippen LogP contribution < -0.4 is 5.32 Å². The smallest absolute Gasteiger partial charge is 0.225 e. The van der Waals surface area contributed by atoms with Gasteiger partial charge in [0.1, 0.15) is 0 Å². The fourth-order valence-corrected chi connectivity index (χ4v) is 3.38. The molecule has 0 atom stereocenters. The Bertz CT molecular complexity index is 303. The number of piperidine rings is 2. The lowest BCUT2D eigenvalue weighted by Crippen LogP contribution is -2.51. The molecular weight excluding hydrogens is 250 g/mol. The number of amides is 1. The molecule has 2 heterocycles. The van der Waals surface area contributed by atoms with Crippen molar-refractivity contribution in [3.05, 3.63) is 0 Å². The molecule has 1 amide bonds. The van der Waals surface area contributed by atoms with E-state index in [1.807, 2.05) is 18.7 Å². The summed E-state index contributed by atoms with van der Waals surface area (Å²) in [6.45, 7) is 11.8. The van der Waals surface area contributed by atoms with Crippen LogP contribution in [0.2, 0.25) is 0 Å². The molecule has 2 aliphatic rings. The molecule has 0 aromatic carbocycles. The van der Waals surface area contributed by atoms with E-state index in [9.17, 15) is 4.79 Å². The van der Waals surface area contributed by atoms with Gasteiger partial charge in [-0.1, -0.05) is 20.8 Å². The largest absolute Gasteiger partial charge is 0.342 e. The zero-order valence-electron chi connectivity index (χ0n) is 13.4. The molecule has 20 heavy (non-hydrogen) atoms. The van der Waals surface area contributed by atoms with Gasteiger partial charge in [0.2, 0.25) is 5.91 Å². The van der Waals surface area contributed by atoms with E-state index in [1.54, 1.807) is 0 Å². The first kappa shape index (κ1) is 15.8. The number of hydrogen-bond donors (Lipinski definition) is 1. The van der Waals surface area contributed by atoms with Crippen LogP contribution in [0, 0.1) is 5.92 Å². The van der Waals surface area contributed by atoms with Crippen molar-refractivity contribution < 1.29 is 4.79 Å². The molecule has 0 aliphatic carbocycles. The summed E-state index contributed by atoms with van der Waals surface area (Å²) in [6.07, 6.45) is 4.79. The van der Waals surface area contributed by atoms with Gasteiger partial charge in [0.05, 0.1) is 0 Å². The quantitative estimate of drug-likeness (QED) is 0.852. The average molecular weight is 281 g/mol. The Morgan fingerprint density at radius 3 is 2.00 bits per heavy atom. The molecule has 2 fully saturated rings. The average Bonchev–Trinajstić information content (AvgIpc) is 2.48. The van der Waals surface area contributed by atoms with E-state index in [4.69, 9.17) is 0 Å². The Morgan fingerprint density at radius 2 is 1.55 bits per heavy atom. The summed E-state index contributed by atoms with van der Waals surface area (Å²) in [6, 6.07) is 1.31. The highest BCUT2D eigenvalue weighted by atomic mass is 16.2. The van der Waals surface area contributed by atoms with Crippen LogP contribution in [0.4, 0.5) is 0 Å². The van der Waals surface area contributed by atoms with Gasteiger partial charge in [0.25, 0.3) is 0 Å². The minimum Gasteiger partial charge on any atom is -0.342 e. The highest BCUT2D eigenvalue weighted by Crippen LogP contribution is 2.17. The predicted octanol–water partition coefficient (Wildman–Crippen LogP) is 1.71. The Hall–Kier alpha value is -0.610. The highest BCUT2D eigenvalue weighted by molar-refractivity contribution is 5.78. The van der Waals surface area contributed by atoms with Crippen LogP contribution >= 0.6 is 0 Å². The lowest BCUT2D eigenvalue weighted by atomic mass is 9.99. The number of hydrogen-bond acceptors (Lipinski definition) is 3. The molecule has 2 rings (SSSR count). The van der Waals surface area contributed by atoms with Crippen molar-refractivity contribution in [3.63, 3.8) is 0 Å². The predicted molar refractivity (Wildman–Crippen MR) is 82.7 cm³/mol. The lowest BCUT2D eigenvalue weighted by Gasteiger charge is -2.38. The third-order valence-electron chi connectivity index (χ3n) is 4.81. The van der Waals surface area contributed by atoms with Crippen molar-refractivity contribution in [1.29, 1.82) is 0 Å². The fourth-order valence-electron chi connectivity index (χ4n) is 3.38. The van der Waals surface area contributed by atoms with Crippen molar-refractivity contribution in [2.45, 2.75) is 58.5 Å². The number of likely N-dealkylation sites (tertiary alicyclic amines) is 2.